The van der Waals surface area contributed by atoms with Crippen LogP contribution in [0, 0.1) is 12.8 Å². The van der Waals surface area contributed by atoms with E-state index < -0.39 is 22.8 Å². The minimum absolute atomic E-state index is 0.0234. The number of benzene rings is 1. The first-order valence-electron chi connectivity index (χ1n) is 11.9. The van der Waals surface area contributed by atoms with E-state index in [4.69, 9.17) is 4.74 Å². The van der Waals surface area contributed by atoms with Crippen LogP contribution in [0.5, 0.6) is 5.75 Å². The number of aryl methyl sites for hydroxylation is 1. The van der Waals surface area contributed by atoms with E-state index in [-0.39, 0.29) is 29.6 Å². The minimum atomic E-state index is -4.47. The van der Waals surface area contributed by atoms with E-state index >= 15 is 0 Å². The largest absolute Gasteiger partial charge is 0.487 e. The maximum Gasteiger partial charge on any atom is 0.416 e. The molecule has 188 valence electrons. The summed E-state index contributed by atoms with van der Waals surface area (Å²) < 4.78 is 49.7. The first-order valence-corrected chi connectivity index (χ1v) is 11.9. The van der Waals surface area contributed by atoms with Gasteiger partial charge >= 0.3 is 6.18 Å². The molecule has 1 amide bonds. The molecule has 3 aliphatic rings. The molecule has 1 saturated carbocycles. The van der Waals surface area contributed by atoms with E-state index in [1.807, 2.05) is 20.8 Å². The number of fused-ring (bicyclic) bond motifs is 4. The van der Waals surface area contributed by atoms with Crippen molar-refractivity contribution in [1.29, 1.82) is 0 Å². The first-order chi connectivity index (χ1) is 16.9. The number of carbonyl (C=O) groups excluding carboxylic acids is 1. The summed E-state index contributed by atoms with van der Waals surface area (Å²) in [7, 11) is 0. The summed E-state index contributed by atoms with van der Waals surface area (Å²) in [5.41, 5.74) is -0.249. The summed E-state index contributed by atoms with van der Waals surface area (Å²) >= 11 is 0. The summed E-state index contributed by atoms with van der Waals surface area (Å²) in [6.45, 7) is 6.57. The van der Waals surface area contributed by atoms with Crippen molar-refractivity contribution in [2.75, 3.05) is 13.1 Å². The molecule has 0 N–H and O–H groups in total. The third kappa shape index (κ3) is 3.30. The lowest BCUT2D eigenvalue weighted by molar-refractivity contribution is -0.137. The molecule has 0 spiro atoms. The highest BCUT2D eigenvalue weighted by Gasteiger charge is 2.67. The fourth-order valence-electron chi connectivity index (χ4n) is 6.01. The second-order valence-electron chi connectivity index (χ2n) is 10.5. The Morgan fingerprint density at radius 1 is 1.14 bits per heavy atom. The van der Waals surface area contributed by atoms with Crippen LogP contribution in [0.15, 0.2) is 47.7 Å². The molecule has 1 fully saturated rings. The monoisotopic (exact) mass is 498 g/mol. The van der Waals surface area contributed by atoms with E-state index in [0.717, 1.165) is 11.8 Å². The molecular formula is C26H25F3N4O3. The molecule has 0 radical (unpaired) electrons. The minimum Gasteiger partial charge on any atom is -0.487 e. The fraction of sp³-hybridized carbons (Fsp3) is 0.423. The molecule has 1 aliphatic carbocycles. The van der Waals surface area contributed by atoms with Gasteiger partial charge in [-0.3, -0.25) is 9.59 Å². The number of rotatable bonds is 3. The molecule has 2 aliphatic heterocycles. The summed E-state index contributed by atoms with van der Waals surface area (Å²) in [5.74, 6) is 0.109. The fourth-order valence-corrected chi connectivity index (χ4v) is 6.01. The Labute approximate surface area is 205 Å². The number of alkyl halides is 3. The van der Waals surface area contributed by atoms with Gasteiger partial charge in [-0.15, -0.1) is 0 Å². The van der Waals surface area contributed by atoms with Crippen molar-refractivity contribution in [3.05, 3.63) is 75.7 Å². The lowest BCUT2D eigenvalue weighted by atomic mass is 9.82. The van der Waals surface area contributed by atoms with Gasteiger partial charge in [0.2, 0.25) is 0 Å². The lowest BCUT2D eigenvalue weighted by Gasteiger charge is -2.40. The van der Waals surface area contributed by atoms with Crippen molar-refractivity contribution in [3.8, 4) is 11.4 Å². The third-order valence-corrected chi connectivity index (χ3v) is 7.85. The Kier molecular flexibility index (Phi) is 4.60. The normalized spacial score (nSPS) is 24.0. The van der Waals surface area contributed by atoms with Gasteiger partial charge in [0.1, 0.15) is 22.7 Å². The third-order valence-electron chi connectivity index (χ3n) is 7.85. The highest BCUT2D eigenvalue weighted by molar-refractivity contribution is 5.93. The van der Waals surface area contributed by atoms with Crippen LogP contribution in [-0.4, -0.2) is 43.6 Å². The standard InChI is InChI=1S/C26H25F3N4O3/c1-15-12-32(14-30-15)18-5-6-19-22(34)31(8-9-33(19)23(18)35)13-25-11-21(25)24(2,3)36-20-7-4-16(10-17(20)25)26(27,28)29/h4-7,10,12,14,21H,8-9,11,13H2,1-3H3/t21-,25+/m1/s1. The molecule has 0 unspecified atom stereocenters. The molecule has 2 aromatic heterocycles. The number of imidazole rings is 1. The van der Waals surface area contributed by atoms with E-state index in [1.54, 1.807) is 34.1 Å². The average Bonchev–Trinajstić information content (AvgIpc) is 3.41. The molecule has 0 saturated heterocycles. The van der Waals surface area contributed by atoms with Crippen LogP contribution in [0.1, 0.15) is 47.6 Å². The summed E-state index contributed by atoms with van der Waals surface area (Å²) in [6, 6.07) is 6.85. The zero-order valence-electron chi connectivity index (χ0n) is 20.1. The number of pyridine rings is 1. The van der Waals surface area contributed by atoms with Crippen molar-refractivity contribution in [2.45, 2.75) is 50.9 Å². The molecule has 1 aromatic carbocycles. The van der Waals surface area contributed by atoms with Crippen LogP contribution in [0.2, 0.25) is 0 Å². The highest BCUT2D eigenvalue weighted by Crippen LogP contribution is 2.65. The van der Waals surface area contributed by atoms with Crippen LogP contribution in [-0.2, 0) is 18.1 Å². The average molecular weight is 499 g/mol. The highest BCUT2D eigenvalue weighted by atomic mass is 19.4. The quantitative estimate of drug-likeness (QED) is 0.549. The Morgan fingerprint density at radius 3 is 2.61 bits per heavy atom. The zero-order chi connectivity index (χ0) is 25.6. The van der Waals surface area contributed by atoms with Gasteiger partial charge in [0.15, 0.2) is 0 Å². The van der Waals surface area contributed by atoms with Crippen molar-refractivity contribution < 1.29 is 22.7 Å². The van der Waals surface area contributed by atoms with E-state index in [0.29, 0.717) is 36.5 Å². The number of amides is 1. The number of carbonyl (C=O) groups is 1. The molecular weight excluding hydrogens is 473 g/mol. The van der Waals surface area contributed by atoms with E-state index in [1.165, 1.54) is 16.7 Å². The van der Waals surface area contributed by atoms with Crippen molar-refractivity contribution in [3.63, 3.8) is 0 Å². The van der Waals surface area contributed by atoms with Gasteiger partial charge in [-0.1, -0.05) is 0 Å². The van der Waals surface area contributed by atoms with Crippen LogP contribution in [0.25, 0.3) is 5.69 Å². The molecule has 6 rings (SSSR count). The maximum atomic E-state index is 13.5. The molecule has 3 aromatic rings. The zero-order valence-corrected chi connectivity index (χ0v) is 20.1. The van der Waals surface area contributed by atoms with E-state index in [2.05, 4.69) is 4.98 Å². The van der Waals surface area contributed by atoms with Crippen molar-refractivity contribution in [1.82, 2.24) is 19.0 Å². The maximum absolute atomic E-state index is 13.5. The van der Waals surface area contributed by atoms with E-state index in [9.17, 15) is 22.8 Å². The summed E-state index contributed by atoms with van der Waals surface area (Å²) in [6.07, 6.45) is -0.543. The number of hydrogen-bond donors (Lipinski definition) is 0. The van der Waals surface area contributed by atoms with Crippen LogP contribution in [0.3, 0.4) is 0 Å². The number of ether oxygens (including phenoxy) is 1. The van der Waals surface area contributed by atoms with Gasteiger partial charge in [-0.05, 0) is 57.5 Å². The number of hydrogen-bond acceptors (Lipinski definition) is 4. The van der Waals surface area contributed by atoms with Crippen molar-refractivity contribution in [2.24, 2.45) is 5.92 Å². The Hall–Kier alpha value is -3.56. The number of aromatic nitrogens is 3. The molecule has 36 heavy (non-hydrogen) atoms. The van der Waals surface area contributed by atoms with Gasteiger partial charge in [-0.2, -0.15) is 13.2 Å². The van der Waals surface area contributed by atoms with Gasteiger partial charge in [0, 0.05) is 42.7 Å². The smallest absolute Gasteiger partial charge is 0.416 e. The van der Waals surface area contributed by atoms with Gasteiger partial charge < -0.3 is 18.8 Å². The van der Waals surface area contributed by atoms with Crippen molar-refractivity contribution >= 4 is 5.91 Å². The molecule has 7 nitrogen and oxygen atoms in total. The molecule has 10 heteroatoms. The molecule has 4 heterocycles. The van der Waals surface area contributed by atoms with Crippen LogP contribution >= 0.6 is 0 Å². The molecule has 0 bridgehead atoms. The second-order valence-corrected chi connectivity index (χ2v) is 10.5. The number of halogens is 3. The Morgan fingerprint density at radius 2 is 1.92 bits per heavy atom. The van der Waals surface area contributed by atoms with Gasteiger partial charge in [-0.25, -0.2) is 4.98 Å². The van der Waals surface area contributed by atoms with Crippen LogP contribution in [0.4, 0.5) is 13.2 Å². The summed E-state index contributed by atoms with van der Waals surface area (Å²) in [4.78, 5) is 32.5. The predicted octanol–water partition coefficient (Wildman–Crippen LogP) is 3.95. The SMILES string of the molecule is Cc1cn(-c2ccc3n(c2=O)CCN(C[C@]24C[C@@H]2C(C)(C)Oc2ccc(C(F)(F)F)cc24)C3=O)cn1. The second kappa shape index (κ2) is 7.24. The molecule has 2 atom stereocenters. The predicted molar refractivity (Wildman–Crippen MR) is 124 cm³/mol. The topological polar surface area (TPSA) is 69.4 Å². The number of nitrogens with zero attached hydrogens (tertiary/aromatic N) is 4. The lowest BCUT2D eigenvalue weighted by Crippen LogP contribution is -2.50. The van der Waals surface area contributed by atoms with Gasteiger partial charge in [0.25, 0.3) is 11.5 Å². The Bertz CT molecular complexity index is 1470. The van der Waals surface area contributed by atoms with Gasteiger partial charge in [0.05, 0.1) is 17.6 Å². The Balaban J connectivity index is 1.35. The van der Waals surface area contributed by atoms with Crippen LogP contribution < -0.4 is 10.3 Å². The first kappa shape index (κ1) is 22.9. The summed E-state index contributed by atoms with van der Waals surface area (Å²) in [5, 5.41) is 0.